The van der Waals surface area contributed by atoms with E-state index in [0.29, 0.717) is 0 Å². The van der Waals surface area contributed by atoms with Gasteiger partial charge in [0.25, 0.3) is 0 Å². The van der Waals surface area contributed by atoms with Crippen molar-refractivity contribution in [2.75, 3.05) is 0 Å². The number of hydrogen-bond donors (Lipinski definition) is 0. The van der Waals surface area contributed by atoms with E-state index >= 15 is 0 Å². The molecule has 0 unspecified atom stereocenters. The Bertz CT molecular complexity index is 1680. The molecular formula is C35H27O2P. The van der Waals surface area contributed by atoms with E-state index in [1.165, 1.54) is 16.7 Å². The van der Waals surface area contributed by atoms with E-state index < -0.39 is 5.34 Å². The van der Waals surface area contributed by atoms with E-state index in [2.05, 4.69) is 98.2 Å². The van der Waals surface area contributed by atoms with Crippen LogP contribution in [0.1, 0.15) is 16.7 Å². The summed E-state index contributed by atoms with van der Waals surface area (Å²) in [6, 6.07) is 45.7. The van der Waals surface area contributed by atoms with E-state index in [1.807, 2.05) is 48.5 Å². The first kappa shape index (κ1) is 24.0. The highest BCUT2D eigenvalue weighted by Crippen LogP contribution is 2.44. The number of furan rings is 1. The van der Waals surface area contributed by atoms with Crippen LogP contribution in [-0.2, 0) is 5.34 Å². The molecule has 6 rings (SSSR count). The summed E-state index contributed by atoms with van der Waals surface area (Å²) in [4.78, 5) is 0. The SMILES string of the molecule is C=PC(Oc1ccc2cc(-c3cccc(-c4cccc(C)c4)c3)oc2c1)(c1ccccc1)c1ccccc1. The van der Waals surface area contributed by atoms with Gasteiger partial charge in [-0.3, -0.25) is 0 Å². The Morgan fingerprint density at radius 1 is 0.632 bits per heavy atom. The minimum atomic E-state index is -0.742. The lowest BCUT2D eigenvalue weighted by molar-refractivity contribution is 0.208. The topological polar surface area (TPSA) is 22.4 Å². The average molecular weight is 511 g/mol. The highest BCUT2D eigenvalue weighted by atomic mass is 31.1. The molecule has 184 valence electrons. The Morgan fingerprint density at radius 3 is 1.92 bits per heavy atom. The predicted molar refractivity (Wildman–Crippen MR) is 160 cm³/mol. The Balaban J connectivity index is 1.38. The second kappa shape index (κ2) is 10.2. The second-order valence-corrected chi connectivity index (χ2v) is 10.3. The van der Waals surface area contributed by atoms with Gasteiger partial charge in [-0.25, -0.2) is 0 Å². The molecule has 1 heterocycles. The molecule has 3 heteroatoms. The molecule has 0 fully saturated rings. The third-order valence-corrected chi connectivity index (χ3v) is 7.86. The van der Waals surface area contributed by atoms with Crippen molar-refractivity contribution < 1.29 is 9.15 Å². The van der Waals surface area contributed by atoms with E-state index in [-0.39, 0.29) is 0 Å². The van der Waals surface area contributed by atoms with Crippen molar-refractivity contribution in [1.82, 2.24) is 0 Å². The van der Waals surface area contributed by atoms with E-state index in [0.717, 1.165) is 47.4 Å². The lowest BCUT2D eigenvalue weighted by Crippen LogP contribution is -2.28. The van der Waals surface area contributed by atoms with Crippen LogP contribution in [0.4, 0.5) is 0 Å². The number of rotatable bonds is 7. The molecule has 1 aromatic heterocycles. The monoisotopic (exact) mass is 510 g/mol. The van der Waals surface area contributed by atoms with Crippen molar-refractivity contribution in [3.05, 3.63) is 150 Å². The van der Waals surface area contributed by atoms with E-state index in [1.54, 1.807) is 0 Å². The maximum Gasteiger partial charge on any atom is 0.199 e. The normalized spacial score (nSPS) is 11.6. The van der Waals surface area contributed by atoms with Gasteiger partial charge in [-0.2, -0.15) is 0 Å². The second-order valence-electron chi connectivity index (χ2n) is 9.40. The first-order chi connectivity index (χ1) is 18.6. The minimum absolute atomic E-state index is 0.732. The van der Waals surface area contributed by atoms with Gasteiger partial charge in [-0.1, -0.05) is 123 Å². The lowest BCUT2D eigenvalue weighted by atomic mass is 10.0. The van der Waals surface area contributed by atoms with Gasteiger partial charge in [0.1, 0.15) is 17.1 Å². The van der Waals surface area contributed by atoms with Crippen LogP contribution in [0.2, 0.25) is 0 Å². The van der Waals surface area contributed by atoms with Crippen LogP contribution >= 0.6 is 8.20 Å². The van der Waals surface area contributed by atoms with Gasteiger partial charge < -0.3 is 9.15 Å². The quantitative estimate of drug-likeness (QED) is 0.199. The number of aryl methyl sites for hydroxylation is 1. The summed E-state index contributed by atoms with van der Waals surface area (Å²) in [6.07, 6.45) is 4.28. The van der Waals surface area contributed by atoms with Crippen molar-refractivity contribution in [2.24, 2.45) is 0 Å². The summed E-state index contributed by atoms with van der Waals surface area (Å²) < 4.78 is 13.2. The van der Waals surface area contributed by atoms with Gasteiger partial charge in [0, 0.05) is 28.1 Å². The van der Waals surface area contributed by atoms with Gasteiger partial charge in [0.05, 0.1) is 0 Å². The molecule has 0 aliphatic carbocycles. The summed E-state index contributed by atoms with van der Waals surface area (Å²) >= 11 is 0. The molecule has 0 aliphatic heterocycles. The third kappa shape index (κ3) is 4.56. The number of benzene rings is 5. The molecule has 38 heavy (non-hydrogen) atoms. The van der Waals surface area contributed by atoms with Crippen LogP contribution in [0.25, 0.3) is 33.4 Å². The fraction of sp³-hybridized carbons (Fsp3) is 0.0571. The number of fused-ring (bicyclic) bond motifs is 1. The molecule has 0 saturated heterocycles. The lowest BCUT2D eigenvalue weighted by Gasteiger charge is -2.32. The van der Waals surface area contributed by atoms with Crippen molar-refractivity contribution in [2.45, 2.75) is 12.3 Å². The molecule has 0 amide bonds. The summed E-state index contributed by atoms with van der Waals surface area (Å²) in [6.45, 7) is 2.12. The van der Waals surface area contributed by atoms with Crippen LogP contribution in [0, 0.1) is 6.92 Å². The van der Waals surface area contributed by atoms with Gasteiger partial charge in [-0.15, -0.1) is 0 Å². The molecule has 0 bridgehead atoms. The molecular weight excluding hydrogens is 483 g/mol. The fourth-order valence-electron chi connectivity index (χ4n) is 4.89. The van der Waals surface area contributed by atoms with Crippen LogP contribution in [-0.4, -0.2) is 6.30 Å². The van der Waals surface area contributed by atoms with Crippen molar-refractivity contribution in [3.63, 3.8) is 0 Å². The maximum atomic E-state index is 6.80. The Kier molecular flexibility index (Phi) is 6.42. The molecule has 0 spiro atoms. The third-order valence-electron chi connectivity index (χ3n) is 6.81. The molecule has 0 N–H and O–H groups in total. The molecule has 0 saturated carbocycles. The molecule has 2 nitrogen and oxygen atoms in total. The Morgan fingerprint density at radius 2 is 1.26 bits per heavy atom. The first-order valence-electron chi connectivity index (χ1n) is 12.6. The number of hydrogen-bond acceptors (Lipinski definition) is 2. The van der Waals surface area contributed by atoms with Gasteiger partial charge in [0.15, 0.2) is 5.34 Å². The molecule has 0 radical (unpaired) electrons. The molecule has 6 aromatic rings. The fourth-order valence-corrected chi connectivity index (χ4v) is 5.73. The van der Waals surface area contributed by atoms with E-state index in [4.69, 9.17) is 9.15 Å². The van der Waals surface area contributed by atoms with Crippen LogP contribution in [0.5, 0.6) is 5.75 Å². The van der Waals surface area contributed by atoms with Gasteiger partial charge in [-0.05, 0) is 42.3 Å². The summed E-state index contributed by atoms with van der Waals surface area (Å²) in [7, 11) is 0.832. The van der Waals surface area contributed by atoms with Crippen LogP contribution < -0.4 is 4.74 Å². The smallest absolute Gasteiger partial charge is 0.199 e. The van der Waals surface area contributed by atoms with Gasteiger partial charge >= 0.3 is 0 Å². The standard InChI is InChI=1S/C35H27O2P/c1-25-11-9-12-26(21-25)27-13-10-14-28(22-27)33-23-29-19-20-32(24-34(29)36-33)37-35(38-2,30-15-5-3-6-16-30)31-17-7-4-8-18-31/h3-24H,2H2,1H3. The number of ether oxygens (including phenoxy) is 1. The van der Waals surface area contributed by atoms with Gasteiger partial charge in [0.2, 0.25) is 0 Å². The average Bonchev–Trinajstić information content (AvgIpc) is 3.41. The minimum Gasteiger partial charge on any atom is -0.470 e. The van der Waals surface area contributed by atoms with Crippen molar-refractivity contribution in [1.29, 1.82) is 0 Å². The van der Waals surface area contributed by atoms with Crippen LogP contribution in [0.3, 0.4) is 0 Å². The predicted octanol–water partition coefficient (Wildman–Crippen LogP) is 9.73. The largest absolute Gasteiger partial charge is 0.470 e. The molecule has 0 atom stereocenters. The Labute approximate surface area is 225 Å². The summed E-state index contributed by atoms with van der Waals surface area (Å²) in [5.41, 5.74) is 7.54. The maximum absolute atomic E-state index is 6.80. The summed E-state index contributed by atoms with van der Waals surface area (Å²) in [5, 5.41) is 0.291. The van der Waals surface area contributed by atoms with E-state index in [9.17, 15) is 0 Å². The molecule has 0 aliphatic rings. The van der Waals surface area contributed by atoms with Crippen molar-refractivity contribution >= 4 is 25.5 Å². The zero-order valence-corrected chi connectivity index (χ0v) is 22.1. The van der Waals surface area contributed by atoms with Crippen molar-refractivity contribution in [3.8, 4) is 28.2 Å². The first-order valence-corrected chi connectivity index (χ1v) is 13.7. The Hall–Kier alpha value is -4.39. The summed E-state index contributed by atoms with van der Waals surface area (Å²) in [5.74, 6) is 1.56. The zero-order chi connectivity index (χ0) is 26.0. The highest BCUT2D eigenvalue weighted by Gasteiger charge is 2.34. The van der Waals surface area contributed by atoms with Crippen LogP contribution in [0.15, 0.2) is 138 Å². The highest BCUT2D eigenvalue weighted by molar-refractivity contribution is 7.38. The zero-order valence-electron chi connectivity index (χ0n) is 21.2. The molecule has 5 aromatic carbocycles.